The summed E-state index contributed by atoms with van der Waals surface area (Å²) in [6, 6.07) is 13.4. The van der Waals surface area contributed by atoms with Crippen LogP contribution in [0.1, 0.15) is 18.2 Å². The molecule has 0 bridgehead atoms. The summed E-state index contributed by atoms with van der Waals surface area (Å²) in [5, 5.41) is 14.6. The van der Waals surface area contributed by atoms with E-state index in [9.17, 15) is 5.11 Å². The summed E-state index contributed by atoms with van der Waals surface area (Å²) < 4.78 is 22.1. The van der Waals surface area contributed by atoms with Crippen LogP contribution in [-0.2, 0) is 13.0 Å². The lowest BCUT2D eigenvalue weighted by Gasteiger charge is -2.13. The van der Waals surface area contributed by atoms with Crippen molar-refractivity contribution < 1.29 is 23.7 Å². The first-order valence-corrected chi connectivity index (χ1v) is 9.15. The van der Waals surface area contributed by atoms with Gasteiger partial charge in [0.15, 0.2) is 11.5 Å². The molecule has 6 heteroatoms. The molecule has 2 aromatic carbocycles. The quantitative estimate of drug-likeness (QED) is 0.635. The van der Waals surface area contributed by atoms with Crippen LogP contribution in [0.3, 0.4) is 0 Å². The molecule has 1 aromatic heterocycles. The maximum absolute atomic E-state index is 10.2. The Bertz CT molecular complexity index is 920. The summed E-state index contributed by atoms with van der Waals surface area (Å²) in [4.78, 5) is 0. The minimum Gasteiger partial charge on any atom is -0.491 e. The fraction of sp³-hybridized carbons (Fsp3) is 0.333. The number of furan rings is 1. The molecule has 1 aliphatic heterocycles. The van der Waals surface area contributed by atoms with Crippen molar-refractivity contribution in [3.63, 3.8) is 0 Å². The molecule has 0 spiro atoms. The van der Waals surface area contributed by atoms with Crippen LogP contribution in [0.5, 0.6) is 17.2 Å². The number of aryl methyl sites for hydroxylation is 1. The van der Waals surface area contributed by atoms with Crippen molar-refractivity contribution in [3.8, 4) is 17.2 Å². The molecule has 3 aromatic rings. The second-order valence-electron chi connectivity index (χ2n) is 6.46. The molecule has 2 N–H and O–H groups in total. The highest BCUT2D eigenvalue weighted by Gasteiger charge is 2.15. The van der Waals surface area contributed by atoms with Crippen LogP contribution in [0.15, 0.2) is 46.9 Å². The number of aliphatic hydroxyl groups is 1. The van der Waals surface area contributed by atoms with Crippen molar-refractivity contribution in [1.82, 2.24) is 5.32 Å². The molecule has 1 aliphatic rings. The van der Waals surface area contributed by atoms with Crippen LogP contribution in [0.25, 0.3) is 11.0 Å². The van der Waals surface area contributed by atoms with E-state index in [1.807, 2.05) is 18.2 Å². The number of rotatable bonds is 8. The lowest BCUT2D eigenvalue weighted by Crippen LogP contribution is -2.31. The van der Waals surface area contributed by atoms with Gasteiger partial charge in [-0.15, -0.1) is 0 Å². The molecule has 0 saturated heterocycles. The highest BCUT2D eigenvalue weighted by atomic mass is 16.7. The maximum atomic E-state index is 10.2. The molecule has 1 atom stereocenters. The zero-order valence-electron chi connectivity index (χ0n) is 15.2. The molecule has 0 fully saturated rings. The van der Waals surface area contributed by atoms with Crippen molar-refractivity contribution in [2.24, 2.45) is 0 Å². The Balaban J connectivity index is 1.29. The predicted octanol–water partition coefficient (Wildman–Crippen LogP) is 3.25. The van der Waals surface area contributed by atoms with Crippen LogP contribution in [0.2, 0.25) is 0 Å². The Morgan fingerprint density at radius 1 is 1.15 bits per heavy atom. The highest BCUT2D eigenvalue weighted by Crippen LogP contribution is 2.35. The third-order valence-corrected chi connectivity index (χ3v) is 4.57. The first-order chi connectivity index (χ1) is 13.2. The first kappa shape index (κ1) is 17.7. The van der Waals surface area contributed by atoms with Gasteiger partial charge in [-0.2, -0.15) is 0 Å². The number of benzene rings is 2. The molecule has 6 nitrogen and oxygen atoms in total. The van der Waals surface area contributed by atoms with Crippen molar-refractivity contribution in [2.45, 2.75) is 26.0 Å². The number of nitrogens with one attached hydrogen (secondary N) is 1. The standard InChI is InChI=1S/C21H23NO5/c1-2-18-17(16-5-3-4-6-19(16)27-18)11-22-10-14(23)12-24-15-7-8-20-21(9-15)26-13-25-20/h3-9,14,22-23H,2,10-13H2,1H3. The Morgan fingerprint density at radius 3 is 2.89 bits per heavy atom. The van der Waals surface area contributed by atoms with E-state index in [4.69, 9.17) is 18.6 Å². The minimum atomic E-state index is -0.626. The maximum Gasteiger partial charge on any atom is 0.231 e. The Labute approximate surface area is 157 Å². The van der Waals surface area contributed by atoms with Gasteiger partial charge in [0.1, 0.15) is 29.8 Å². The molecule has 0 radical (unpaired) electrons. The molecular weight excluding hydrogens is 346 g/mol. The van der Waals surface area contributed by atoms with Crippen LogP contribution in [0, 0.1) is 0 Å². The minimum absolute atomic E-state index is 0.194. The summed E-state index contributed by atoms with van der Waals surface area (Å²) >= 11 is 0. The van der Waals surface area contributed by atoms with Crippen molar-refractivity contribution in [1.29, 1.82) is 0 Å². The van der Waals surface area contributed by atoms with Crippen molar-refractivity contribution in [3.05, 3.63) is 53.8 Å². The molecule has 1 unspecified atom stereocenters. The Hall–Kier alpha value is -2.70. The number of fused-ring (bicyclic) bond motifs is 2. The van der Waals surface area contributed by atoms with Gasteiger partial charge in [-0.05, 0) is 18.2 Å². The van der Waals surface area contributed by atoms with Gasteiger partial charge >= 0.3 is 0 Å². The molecule has 0 amide bonds. The fourth-order valence-electron chi connectivity index (χ4n) is 3.21. The van der Waals surface area contributed by atoms with Crippen LogP contribution >= 0.6 is 0 Å². The van der Waals surface area contributed by atoms with Gasteiger partial charge in [0.25, 0.3) is 0 Å². The van der Waals surface area contributed by atoms with Gasteiger partial charge in [-0.1, -0.05) is 25.1 Å². The lowest BCUT2D eigenvalue weighted by atomic mass is 10.1. The summed E-state index contributed by atoms with van der Waals surface area (Å²) in [5.41, 5.74) is 2.05. The smallest absolute Gasteiger partial charge is 0.231 e. The topological polar surface area (TPSA) is 73.1 Å². The van der Waals surface area contributed by atoms with Crippen LogP contribution in [-0.4, -0.2) is 31.2 Å². The van der Waals surface area contributed by atoms with E-state index < -0.39 is 6.10 Å². The molecule has 4 rings (SSSR count). The molecule has 0 aliphatic carbocycles. The third kappa shape index (κ3) is 3.86. The van der Waals surface area contributed by atoms with Gasteiger partial charge in [0, 0.05) is 36.5 Å². The second-order valence-corrected chi connectivity index (χ2v) is 6.46. The number of hydrogen-bond donors (Lipinski definition) is 2. The van der Waals surface area contributed by atoms with E-state index in [1.54, 1.807) is 18.2 Å². The Morgan fingerprint density at radius 2 is 2.00 bits per heavy atom. The van der Waals surface area contributed by atoms with Crippen molar-refractivity contribution in [2.75, 3.05) is 19.9 Å². The number of aliphatic hydroxyl groups excluding tert-OH is 1. The van der Waals surface area contributed by atoms with E-state index in [2.05, 4.69) is 18.3 Å². The lowest BCUT2D eigenvalue weighted by molar-refractivity contribution is 0.106. The van der Waals surface area contributed by atoms with Gasteiger partial charge < -0.3 is 29.1 Å². The van der Waals surface area contributed by atoms with E-state index >= 15 is 0 Å². The van der Waals surface area contributed by atoms with Gasteiger partial charge in [-0.3, -0.25) is 0 Å². The zero-order valence-corrected chi connectivity index (χ0v) is 15.2. The SMILES string of the molecule is CCc1oc2ccccc2c1CNCC(O)COc1ccc2c(c1)OCO2. The average molecular weight is 369 g/mol. The van der Waals surface area contributed by atoms with E-state index in [0.29, 0.717) is 30.3 Å². The molecular formula is C21H23NO5. The molecule has 142 valence electrons. The predicted molar refractivity (Wildman–Crippen MR) is 101 cm³/mol. The summed E-state index contributed by atoms with van der Waals surface area (Å²) in [7, 11) is 0. The van der Waals surface area contributed by atoms with Gasteiger partial charge in [0.2, 0.25) is 6.79 Å². The average Bonchev–Trinajstić information content (AvgIpc) is 3.30. The second kappa shape index (κ2) is 7.90. The van der Waals surface area contributed by atoms with Crippen molar-refractivity contribution >= 4 is 11.0 Å². The summed E-state index contributed by atoms with van der Waals surface area (Å²) in [6.45, 7) is 3.57. The highest BCUT2D eigenvalue weighted by molar-refractivity contribution is 5.82. The van der Waals surface area contributed by atoms with E-state index in [1.165, 1.54) is 0 Å². The van der Waals surface area contributed by atoms with Crippen LogP contribution < -0.4 is 19.5 Å². The molecule has 27 heavy (non-hydrogen) atoms. The summed E-state index contributed by atoms with van der Waals surface area (Å²) in [6.07, 6.45) is 0.209. The zero-order chi connectivity index (χ0) is 18.6. The van der Waals surface area contributed by atoms with E-state index in [-0.39, 0.29) is 13.4 Å². The fourth-order valence-corrected chi connectivity index (χ4v) is 3.21. The van der Waals surface area contributed by atoms with Gasteiger partial charge in [-0.25, -0.2) is 0 Å². The first-order valence-electron chi connectivity index (χ1n) is 9.15. The van der Waals surface area contributed by atoms with E-state index in [0.717, 1.165) is 28.7 Å². The van der Waals surface area contributed by atoms with Crippen LogP contribution in [0.4, 0.5) is 0 Å². The number of hydrogen-bond acceptors (Lipinski definition) is 6. The third-order valence-electron chi connectivity index (χ3n) is 4.57. The van der Waals surface area contributed by atoms with Gasteiger partial charge in [0.05, 0.1) is 0 Å². The molecule has 2 heterocycles. The molecule has 0 saturated carbocycles. The Kier molecular flexibility index (Phi) is 5.18. The number of ether oxygens (including phenoxy) is 3. The number of para-hydroxylation sites is 1. The normalized spacial score (nSPS) is 13.9. The largest absolute Gasteiger partial charge is 0.491 e. The summed E-state index contributed by atoms with van der Waals surface area (Å²) in [5.74, 6) is 3.00. The monoisotopic (exact) mass is 369 g/mol.